The van der Waals surface area contributed by atoms with E-state index in [1.165, 1.54) is 12.5 Å². The molecule has 0 bridgehead atoms. The van der Waals surface area contributed by atoms with Gasteiger partial charge in [0.15, 0.2) is 0 Å². The van der Waals surface area contributed by atoms with Crippen molar-refractivity contribution >= 4 is 11.8 Å². The molecule has 2 aliphatic rings. The Hall–Kier alpha value is -1.36. The van der Waals surface area contributed by atoms with Gasteiger partial charge in [-0.2, -0.15) is 0 Å². The standard InChI is InChI=1S/C13H21N3O2/c1-9(11-6-14-7-11)13(18)16-5-3-4-12(8-16)15-10(2)17/h12,14H,3-8H2,1-2H3,(H,15,17). The zero-order chi connectivity index (χ0) is 13.1. The lowest BCUT2D eigenvalue weighted by Gasteiger charge is -2.34. The molecule has 2 aliphatic heterocycles. The molecule has 2 heterocycles. The summed E-state index contributed by atoms with van der Waals surface area (Å²) in [7, 11) is 0. The fourth-order valence-corrected chi connectivity index (χ4v) is 2.47. The van der Waals surface area contributed by atoms with Crippen LogP contribution < -0.4 is 10.6 Å². The van der Waals surface area contributed by atoms with Crippen LogP contribution in [-0.2, 0) is 9.59 Å². The van der Waals surface area contributed by atoms with Gasteiger partial charge >= 0.3 is 0 Å². The summed E-state index contributed by atoms with van der Waals surface area (Å²) < 4.78 is 0. The van der Waals surface area contributed by atoms with Gasteiger partial charge in [0.1, 0.15) is 0 Å². The van der Waals surface area contributed by atoms with E-state index in [1.54, 1.807) is 0 Å². The van der Waals surface area contributed by atoms with Crippen molar-refractivity contribution in [3.63, 3.8) is 0 Å². The number of nitrogens with zero attached hydrogens (tertiary/aromatic N) is 1. The van der Waals surface area contributed by atoms with Crippen molar-refractivity contribution in [2.75, 3.05) is 26.2 Å². The Kier molecular flexibility index (Phi) is 4.01. The number of nitrogens with one attached hydrogen (secondary N) is 2. The molecule has 1 atom stereocenters. The summed E-state index contributed by atoms with van der Waals surface area (Å²) in [5.74, 6) is 0.106. The molecule has 0 radical (unpaired) electrons. The Bertz CT molecular complexity index is 384. The molecule has 100 valence electrons. The largest absolute Gasteiger partial charge is 0.352 e. The second-order valence-corrected chi connectivity index (χ2v) is 5.12. The van der Waals surface area contributed by atoms with E-state index in [0.29, 0.717) is 6.54 Å². The lowest BCUT2D eigenvalue weighted by Crippen LogP contribution is -2.50. The average molecular weight is 251 g/mol. The Labute approximate surface area is 108 Å². The maximum atomic E-state index is 12.3. The monoisotopic (exact) mass is 251 g/mol. The molecule has 0 aromatic rings. The first-order valence-corrected chi connectivity index (χ1v) is 6.53. The van der Waals surface area contributed by atoms with E-state index in [4.69, 9.17) is 0 Å². The van der Waals surface area contributed by atoms with E-state index in [2.05, 4.69) is 10.6 Å². The first kappa shape index (κ1) is 13.1. The van der Waals surface area contributed by atoms with Crippen LogP contribution in [0.4, 0.5) is 0 Å². The zero-order valence-electron chi connectivity index (χ0n) is 11.1. The smallest absolute Gasteiger partial charge is 0.249 e. The van der Waals surface area contributed by atoms with Gasteiger partial charge in [0.2, 0.25) is 11.8 Å². The van der Waals surface area contributed by atoms with Crippen LogP contribution >= 0.6 is 0 Å². The molecule has 0 aromatic carbocycles. The van der Waals surface area contributed by atoms with Crippen LogP contribution in [0.15, 0.2) is 11.1 Å². The minimum Gasteiger partial charge on any atom is -0.352 e. The van der Waals surface area contributed by atoms with E-state index in [0.717, 1.165) is 38.0 Å². The summed E-state index contributed by atoms with van der Waals surface area (Å²) in [4.78, 5) is 25.2. The minimum absolute atomic E-state index is 0.0208. The lowest BCUT2D eigenvalue weighted by molar-refractivity contribution is -0.129. The predicted molar refractivity (Wildman–Crippen MR) is 69.0 cm³/mol. The van der Waals surface area contributed by atoms with Gasteiger partial charge in [0.05, 0.1) is 0 Å². The van der Waals surface area contributed by atoms with Gasteiger partial charge in [-0.25, -0.2) is 0 Å². The van der Waals surface area contributed by atoms with Crippen molar-refractivity contribution in [2.24, 2.45) is 0 Å². The fraction of sp³-hybridized carbons (Fsp3) is 0.692. The molecule has 2 N–H and O–H groups in total. The Morgan fingerprint density at radius 2 is 2.06 bits per heavy atom. The molecule has 2 amide bonds. The Morgan fingerprint density at radius 1 is 1.33 bits per heavy atom. The first-order valence-electron chi connectivity index (χ1n) is 6.53. The van der Waals surface area contributed by atoms with Crippen molar-refractivity contribution in [3.8, 4) is 0 Å². The van der Waals surface area contributed by atoms with Gasteiger partial charge in [-0.15, -0.1) is 0 Å². The third kappa shape index (κ3) is 2.90. The number of rotatable bonds is 2. The van der Waals surface area contributed by atoms with Crippen LogP contribution in [0, 0.1) is 0 Å². The number of carbonyl (C=O) groups excluding carboxylic acids is 2. The molecule has 1 unspecified atom stereocenters. The number of carbonyl (C=O) groups is 2. The summed E-state index contributed by atoms with van der Waals surface area (Å²) in [6.07, 6.45) is 1.91. The molecule has 0 saturated carbocycles. The summed E-state index contributed by atoms with van der Waals surface area (Å²) >= 11 is 0. The minimum atomic E-state index is -0.0208. The van der Waals surface area contributed by atoms with Gasteiger partial charge in [-0.05, 0) is 25.3 Å². The number of likely N-dealkylation sites (tertiary alicyclic amines) is 1. The number of piperidine rings is 1. The number of hydrogen-bond acceptors (Lipinski definition) is 3. The van der Waals surface area contributed by atoms with Crippen LogP contribution in [0.3, 0.4) is 0 Å². The van der Waals surface area contributed by atoms with E-state index in [1.807, 2.05) is 11.8 Å². The SMILES string of the molecule is CC(=O)NC1CCCN(C(=O)C(C)=C2CNC2)C1. The highest BCUT2D eigenvalue weighted by atomic mass is 16.2. The maximum absolute atomic E-state index is 12.3. The number of amides is 2. The Balaban J connectivity index is 1.96. The van der Waals surface area contributed by atoms with Crippen molar-refractivity contribution in [3.05, 3.63) is 11.1 Å². The second-order valence-electron chi connectivity index (χ2n) is 5.12. The van der Waals surface area contributed by atoms with E-state index >= 15 is 0 Å². The summed E-state index contributed by atoms with van der Waals surface area (Å²) in [6.45, 7) is 6.53. The molecular weight excluding hydrogens is 230 g/mol. The summed E-state index contributed by atoms with van der Waals surface area (Å²) in [6, 6.07) is 0.109. The highest BCUT2D eigenvalue weighted by Crippen LogP contribution is 2.16. The molecule has 5 heteroatoms. The number of hydrogen-bond donors (Lipinski definition) is 2. The normalized spacial score (nSPS) is 23.3. The van der Waals surface area contributed by atoms with Crippen molar-refractivity contribution in [1.29, 1.82) is 0 Å². The topological polar surface area (TPSA) is 61.4 Å². The van der Waals surface area contributed by atoms with Crippen molar-refractivity contribution in [1.82, 2.24) is 15.5 Å². The summed E-state index contributed by atoms with van der Waals surface area (Å²) in [5.41, 5.74) is 2.08. The molecule has 2 rings (SSSR count). The van der Waals surface area contributed by atoms with Crippen molar-refractivity contribution < 1.29 is 9.59 Å². The van der Waals surface area contributed by atoms with Crippen LogP contribution in [0.1, 0.15) is 26.7 Å². The van der Waals surface area contributed by atoms with E-state index in [-0.39, 0.29) is 17.9 Å². The van der Waals surface area contributed by atoms with E-state index < -0.39 is 0 Å². The fourth-order valence-electron chi connectivity index (χ4n) is 2.47. The van der Waals surface area contributed by atoms with Crippen LogP contribution in [0.2, 0.25) is 0 Å². The van der Waals surface area contributed by atoms with Gasteiger partial charge < -0.3 is 15.5 Å². The average Bonchev–Trinajstić information content (AvgIpc) is 2.25. The van der Waals surface area contributed by atoms with Gasteiger partial charge in [-0.1, -0.05) is 0 Å². The van der Waals surface area contributed by atoms with E-state index in [9.17, 15) is 9.59 Å². The first-order chi connectivity index (χ1) is 8.58. The quantitative estimate of drug-likeness (QED) is 0.681. The third-order valence-electron chi connectivity index (χ3n) is 3.64. The molecule has 18 heavy (non-hydrogen) atoms. The van der Waals surface area contributed by atoms with Gasteiger partial charge in [-0.3, -0.25) is 9.59 Å². The van der Waals surface area contributed by atoms with Crippen LogP contribution in [0.5, 0.6) is 0 Å². The van der Waals surface area contributed by atoms with Crippen LogP contribution in [-0.4, -0.2) is 48.9 Å². The highest BCUT2D eigenvalue weighted by molar-refractivity contribution is 5.94. The lowest BCUT2D eigenvalue weighted by atomic mass is 10.0. The third-order valence-corrected chi connectivity index (χ3v) is 3.64. The summed E-state index contributed by atoms with van der Waals surface area (Å²) in [5, 5.41) is 6.05. The highest BCUT2D eigenvalue weighted by Gasteiger charge is 2.26. The zero-order valence-corrected chi connectivity index (χ0v) is 11.1. The molecule has 2 fully saturated rings. The molecule has 2 saturated heterocycles. The van der Waals surface area contributed by atoms with Crippen LogP contribution in [0.25, 0.3) is 0 Å². The molecule has 0 spiro atoms. The predicted octanol–water partition coefficient (Wildman–Crippen LogP) is 0.0332. The van der Waals surface area contributed by atoms with Gasteiger partial charge in [0, 0.05) is 44.7 Å². The molecule has 5 nitrogen and oxygen atoms in total. The molecular formula is C13H21N3O2. The van der Waals surface area contributed by atoms with Gasteiger partial charge in [0.25, 0.3) is 0 Å². The molecule has 0 aliphatic carbocycles. The maximum Gasteiger partial charge on any atom is 0.249 e. The van der Waals surface area contributed by atoms with Crippen molar-refractivity contribution in [2.45, 2.75) is 32.7 Å². The second kappa shape index (κ2) is 5.52. The molecule has 0 aromatic heterocycles. The Morgan fingerprint density at radius 3 is 2.61 bits per heavy atom.